The molecular formula is C44H62O8. The van der Waals surface area contributed by atoms with E-state index in [-0.39, 0.29) is 23.0 Å². The Morgan fingerprint density at radius 2 is 0.885 bits per heavy atom. The van der Waals surface area contributed by atoms with Crippen molar-refractivity contribution < 1.29 is 37.9 Å². The van der Waals surface area contributed by atoms with E-state index < -0.39 is 11.6 Å². The number of methoxy groups -OCH3 is 1. The highest BCUT2D eigenvalue weighted by Crippen LogP contribution is 2.41. The van der Waals surface area contributed by atoms with E-state index in [2.05, 4.69) is 98.7 Å². The van der Waals surface area contributed by atoms with Crippen LogP contribution in [-0.2, 0) is 79.6 Å². The first kappa shape index (κ1) is 40.1. The number of ether oxygens (including phenoxy) is 8. The van der Waals surface area contributed by atoms with Crippen LogP contribution in [0.4, 0.5) is 0 Å². The van der Waals surface area contributed by atoms with Crippen molar-refractivity contribution in [2.75, 3.05) is 13.9 Å². The van der Waals surface area contributed by atoms with Crippen LogP contribution in [0.25, 0.3) is 0 Å². The second-order valence-electron chi connectivity index (χ2n) is 18.2. The van der Waals surface area contributed by atoms with Crippen molar-refractivity contribution in [3.05, 3.63) is 86.5 Å². The summed E-state index contributed by atoms with van der Waals surface area (Å²) in [5.41, 5.74) is 9.34. The Hall–Kier alpha value is -3.14. The van der Waals surface area contributed by atoms with Gasteiger partial charge in [-0.2, -0.15) is 0 Å². The number of hydrogen-bond donors (Lipinski definition) is 0. The van der Waals surface area contributed by atoms with Gasteiger partial charge in [-0.05, 0) is 69.3 Å². The summed E-state index contributed by atoms with van der Waals surface area (Å²) in [4.78, 5) is 0. The molecule has 8 heteroatoms. The molecule has 2 aliphatic heterocycles. The summed E-state index contributed by atoms with van der Waals surface area (Å²) in [7, 11) is 1.63. The van der Waals surface area contributed by atoms with Gasteiger partial charge in [0.15, 0.2) is 6.79 Å². The van der Waals surface area contributed by atoms with Gasteiger partial charge < -0.3 is 37.9 Å². The summed E-state index contributed by atoms with van der Waals surface area (Å²) >= 11 is 0. The average Bonchev–Trinajstić information content (AvgIpc) is 3.02. The average molecular weight is 719 g/mol. The second kappa shape index (κ2) is 14.9. The third kappa shape index (κ3) is 9.69. The first-order valence-corrected chi connectivity index (χ1v) is 18.5. The maximum atomic E-state index is 6.54. The first-order valence-electron chi connectivity index (χ1n) is 18.5. The fourth-order valence-corrected chi connectivity index (χ4v) is 6.37. The summed E-state index contributed by atoms with van der Waals surface area (Å²) in [6.07, 6.45) is 0. The number of benzene rings is 3. The van der Waals surface area contributed by atoms with Crippen molar-refractivity contribution >= 4 is 0 Å². The van der Waals surface area contributed by atoms with E-state index in [0.717, 1.165) is 50.4 Å². The highest BCUT2D eigenvalue weighted by Gasteiger charge is 2.33. The molecule has 0 aromatic heterocycles. The quantitative estimate of drug-likeness (QED) is 0.182. The topological polar surface area (TPSA) is 73.8 Å². The monoisotopic (exact) mass is 718 g/mol. The Morgan fingerprint density at radius 1 is 0.538 bits per heavy atom. The summed E-state index contributed by atoms with van der Waals surface area (Å²) in [5, 5.41) is 0. The predicted octanol–water partition coefficient (Wildman–Crippen LogP) is 10.3. The van der Waals surface area contributed by atoms with Crippen molar-refractivity contribution in [3.8, 4) is 17.2 Å². The molecule has 0 radical (unpaired) electrons. The van der Waals surface area contributed by atoms with Crippen molar-refractivity contribution in [1.82, 2.24) is 0 Å². The number of rotatable bonds is 11. The molecular weight excluding hydrogens is 656 g/mol. The van der Waals surface area contributed by atoms with E-state index in [4.69, 9.17) is 37.9 Å². The maximum absolute atomic E-state index is 6.54. The molecule has 5 rings (SSSR count). The Bertz CT molecular complexity index is 1620. The smallest absolute Gasteiger partial charge is 0.205 e. The van der Waals surface area contributed by atoms with Gasteiger partial charge in [0.05, 0.1) is 39.6 Å². The van der Waals surface area contributed by atoms with Crippen LogP contribution in [0.2, 0.25) is 0 Å². The molecule has 2 heterocycles. The van der Waals surface area contributed by atoms with Gasteiger partial charge in [0, 0.05) is 68.2 Å². The highest BCUT2D eigenvalue weighted by molar-refractivity contribution is 5.49. The summed E-state index contributed by atoms with van der Waals surface area (Å²) in [5.74, 6) is 0.961. The Labute approximate surface area is 312 Å². The molecule has 0 aliphatic carbocycles. The van der Waals surface area contributed by atoms with Crippen LogP contribution in [0, 0.1) is 0 Å². The molecule has 286 valence electrons. The summed E-state index contributed by atoms with van der Waals surface area (Å²) in [6.45, 7) is 30.2. The molecule has 0 saturated heterocycles. The van der Waals surface area contributed by atoms with Gasteiger partial charge >= 0.3 is 0 Å². The lowest BCUT2D eigenvalue weighted by atomic mass is 9.84. The van der Waals surface area contributed by atoms with Crippen LogP contribution in [0.5, 0.6) is 17.2 Å². The Balaban J connectivity index is 1.44. The fourth-order valence-electron chi connectivity index (χ4n) is 6.37. The lowest BCUT2D eigenvalue weighted by molar-refractivity contribution is -0.181. The minimum absolute atomic E-state index is 0.0443. The lowest BCUT2D eigenvalue weighted by Gasteiger charge is -2.35. The van der Waals surface area contributed by atoms with Gasteiger partial charge in [0.25, 0.3) is 0 Å². The van der Waals surface area contributed by atoms with Crippen LogP contribution in [0.3, 0.4) is 0 Å². The SMILES string of the molecule is COCOc1c(COCc2cc(C(C)(C)C)cc3c2OC(C)(C)OC3)cc(C(C)(C)C)cc1COCc1cc(C(C)(C)C)cc2c1OC(C)(C)OC2. The molecule has 0 bridgehead atoms. The second-order valence-corrected chi connectivity index (χ2v) is 18.2. The zero-order valence-electron chi connectivity index (χ0n) is 34.2. The van der Waals surface area contributed by atoms with Crippen molar-refractivity contribution in [2.45, 2.75) is 157 Å². The largest absolute Gasteiger partial charge is 0.467 e. The van der Waals surface area contributed by atoms with Crippen molar-refractivity contribution in [1.29, 1.82) is 0 Å². The van der Waals surface area contributed by atoms with E-state index >= 15 is 0 Å². The van der Waals surface area contributed by atoms with Gasteiger partial charge in [0.1, 0.15) is 17.2 Å². The van der Waals surface area contributed by atoms with Gasteiger partial charge in [-0.3, -0.25) is 0 Å². The zero-order valence-corrected chi connectivity index (χ0v) is 34.2. The van der Waals surface area contributed by atoms with Crippen LogP contribution in [0.15, 0.2) is 36.4 Å². The van der Waals surface area contributed by atoms with Crippen molar-refractivity contribution in [2.24, 2.45) is 0 Å². The summed E-state index contributed by atoms with van der Waals surface area (Å²) < 4.78 is 49.5. The Morgan fingerprint density at radius 3 is 1.25 bits per heavy atom. The molecule has 0 fully saturated rings. The Kier molecular flexibility index (Phi) is 11.5. The molecule has 3 aromatic rings. The zero-order chi connectivity index (χ0) is 38.3. The normalized spacial score (nSPS) is 16.8. The third-order valence-corrected chi connectivity index (χ3v) is 9.52. The van der Waals surface area contributed by atoms with E-state index in [1.54, 1.807) is 7.11 Å². The van der Waals surface area contributed by atoms with Crippen molar-refractivity contribution in [3.63, 3.8) is 0 Å². The van der Waals surface area contributed by atoms with Gasteiger partial charge in [-0.25, -0.2) is 0 Å². The van der Waals surface area contributed by atoms with E-state index in [9.17, 15) is 0 Å². The fraction of sp³-hybridized carbons (Fsp3) is 0.591. The van der Waals surface area contributed by atoms with Crippen LogP contribution >= 0.6 is 0 Å². The molecule has 0 N–H and O–H groups in total. The van der Waals surface area contributed by atoms with Crippen LogP contribution < -0.4 is 14.2 Å². The molecule has 2 aliphatic rings. The molecule has 0 amide bonds. The van der Waals surface area contributed by atoms with E-state index in [1.807, 2.05) is 27.7 Å². The minimum atomic E-state index is -0.717. The molecule has 0 atom stereocenters. The molecule has 0 spiro atoms. The molecule has 8 nitrogen and oxygen atoms in total. The van der Waals surface area contributed by atoms with E-state index in [0.29, 0.717) is 45.4 Å². The lowest BCUT2D eigenvalue weighted by Crippen LogP contribution is -2.36. The summed E-state index contributed by atoms with van der Waals surface area (Å²) in [6, 6.07) is 13.2. The molecule has 3 aromatic carbocycles. The van der Waals surface area contributed by atoms with Crippen LogP contribution in [0.1, 0.15) is 140 Å². The standard InChI is InChI=1S/C44H62O8/c1-40(2,3)34-15-28(21-46-23-30-17-35(41(4,5)6)19-32-25-49-43(10,11)51-38(30)32)37(48-27-45-14)29(16-34)22-47-24-31-18-36(42(7,8)9)20-33-26-50-44(12,13)52-39(31)33/h15-20H,21-27H2,1-14H3. The van der Waals surface area contributed by atoms with Crippen LogP contribution in [-0.4, -0.2) is 25.5 Å². The molecule has 0 unspecified atom stereocenters. The van der Waals surface area contributed by atoms with Gasteiger partial charge in [-0.15, -0.1) is 0 Å². The third-order valence-electron chi connectivity index (χ3n) is 9.52. The first-order chi connectivity index (χ1) is 24.1. The maximum Gasteiger partial charge on any atom is 0.205 e. The number of fused-ring (bicyclic) bond motifs is 2. The molecule has 0 saturated carbocycles. The van der Waals surface area contributed by atoms with E-state index in [1.165, 1.54) is 11.1 Å². The van der Waals surface area contributed by atoms with Gasteiger partial charge in [-0.1, -0.05) is 62.3 Å². The van der Waals surface area contributed by atoms with Gasteiger partial charge in [0.2, 0.25) is 11.6 Å². The predicted molar refractivity (Wildman–Crippen MR) is 204 cm³/mol. The number of hydrogen-bond acceptors (Lipinski definition) is 8. The highest BCUT2D eigenvalue weighted by atomic mass is 16.7. The molecule has 52 heavy (non-hydrogen) atoms. The minimum Gasteiger partial charge on any atom is -0.467 e.